The van der Waals surface area contributed by atoms with E-state index in [0.717, 1.165) is 5.56 Å². The molecule has 112 valence electrons. The minimum Gasteiger partial charge on any atom is -0.409 e. The van der Waals surface area contributed by atoms with Gasteiger partial charge in [-0.2, -0.15) is 0 Å². The summed E-state index contributed by atoms with van der Waals surface area (Å²) in [4.78, 5) is 11.7. The van der Waals surface area contributed by atoms with Crippen molar-refractivity contribution in [2.75, 3.05) is 0 Å². The van der Waals surface area contributed by atoms with Gasteiger partial charge in [-0.3, -0.25) is 4.57 Å². The molecule has 1 heterocycles. The number of hydrogen-bond donors (Lipinski definition) is 3. The van der Waals surface area contributed by atoms with Crippen LogP contribution in [0.4, 0.5) is 0 Å². The lowest BCUT2D eigenvalue weighted by Crippen LogP contribution is -2.19. The Bertz CT molecular complexity index is 705. The van der Waals surface area contributed by atoms with Gasteiger partial charge in [-0.05, 0) is 19.4 Å². The first-order valence-corrected chi connectivity index (χ1v) is 7.38. The summed E-state index contributed by atoms with van der Waals surface area (Å²) in [5.74, 6) is 0.623. The van der Waals surface area contributed by atoms with E-state index in [1.54, 1.807) is 10.6 Å². The van der Waals surface area contributed by atoms with E-state index >= 15 is 0 Å². The molecule has 0 saturated heterocycles. The molecule has 21 heavy (non-hydrogen) atoms. The third-order valence-electron chi connectivity index (χ3n) is 2.95. The van der Waals surface area contributed by atoms with Crippen molar-refractivity contribution in [1.29, 1.82) is 0 Å². The summed E-state index contributed by atoms with van der Waals surface area (Å²) in [5, 5.41) is 18.9. The van der Waals surface area contributed by atoms with Gasteiger partial charge in [0.1, 0.15) is 0 Å². The van der Waals surface area contributed by atoms with Gasteiger partial charge in [-0.15, -0.1) is 5.10 Å². The third-order valence-corrected chi connectivity index (χ3v) is 3.95. The highest BCUT2D eigenvalue weighted by Crippen LogP contribution is 2.23. The molecule has 7 nitrogen and oxygen atoms in total. The molecule has 2 rings (SSSR count). The first kappa shape index (κ1) is 15.2. The number of aromatic amines is 1. The maximum Gasteiger partial charge on any atom is 0.344 e. The largest absolute Gasteiger partial charge is 0.409 e. The second kappa shape index (κ2) is 6.49. The lowest BCUT2D eigenvalue weighted by molar-refractivity contribution is 0.318. The molecule has 0 unspecified atom stereocenters. The first-order valence-electron chi connectivity index (χ1n) is 6.40. The molecule has 0 atom stereocenters. The van der Waals surface area contributed by atoms with Crippen molar-refractivity contribution in [2.45, 2.75) is 30.8 Å². The number of nitrogens with one attached hydrogen (secondary N) is 1. The van der Waals surface area contributed by atoms with Crippen molar-refractivity contribution in [3.63, 3.8) is 0 Å². The highest BCUT2D eigenvalue weighted by molar-refractivity contribution is 7.98. The highest BCUT2D eigenvalue weighted by Gasteiger charge is 2.13. The Morgan fingerprint density at radius 2 is 2.24 bits per heavy atom. The van der Waals surface area contributed by atoms with Crippen molar-refractivity contribution in [3.05, 3.63) is 45.9 Å². The van der Waals surface area contributed by atoms with E-state index in [4.69, 9.17) is 10.9 Å². The lowest BCUT2D eigenvalue weighted by atomic mass is 10.1. The number of H-pyrrole nitrogens is 1. The quantitative estimate of drug-likeness (QED) is 0.255. The van der Waals surface area contributed by atoms with Crippen LogP contribution in [-0.2, 0) is 5.75 Å². The normalized spacial score (nSPS) is 12.0. The van der Waals surface area contributed by atoms with Gasteiger partial charge in [-0.1, -0.05) is 41.2 Å². The number of amidine groups is 1. The number of aromatic nitrogens is 3. The van der Waals surface area contributed by atoms with Gasteiger partial charge in [0.25, 0.3) is 0 Å². The first-order chi connectivity index (χ1) is 10.0. The van der Waals surface area contributed by atoms with Crippen molar-refractivity contribution < 1.29 is 5.21 Å². The van der Waals surface area contributed by atoms with Crippen LogP contribution in [-0.4, -0.2) is 25.8 Å². The van der Waals surface area contributed by atoms with Crippen LogP contribution in [0.3, 0.4) is 0 Å². The number of nitrogens with zero attached hydrogens (tertiary/aromatic N) is 3. The molecule has 2 aromatic rings. The van der Waals surface area contributed by atoms with Crippen molar-refractivity contribution in [1.82, 2.24) is 14.8 Å². The van der Waals surface area contributed by atoms with Gasteiger partial charge in [0.15, 0.2) is 11.0 Å². The minimum atomic E-state index is -0.225. The van der Waals surface area contributed by atoms with E-state index in [2.05, 4.69) is 15.4 Å². The average molecular weight is 307 g/mol. The van der Waals surface area contributed by atoms with E-state index in [1.807, 2.05) is 32.0 Å². The van der Waals surface area contributed by atoms with E-state index in [9.17, 15) is 4.79 Å². The minimum absolute atomic E-state index is 0.0260. The molecule has 0 bridgehead atoms. The molecule has 0 aliphatic rings. The van der Waals surface area contributed by atoms with E-state index in [0.29, 0.717) is 16.5 Å². The predicted octanol–water partition coefficient (Wildman–Crippen LogP) is 1.54. The van der Waals surface area contributed by atoms with Gasteiger partial charge in [0.2, 0.25) is 0 Å². The zero-order chi connectivity index (χ0) is 15.4. The van der Waals surface area contributed by atoms with Crippen LogP contribution >= 0.6 is 11.8 Å². The predicted molar refractivity (Wildman–Crippen MR) is 81.7 cm³/mol. The maximum atomic E-state index is 11.7. The number of oxime groups is 1. The zero-order valence-corrected chi connectivity index (χ0v) is 12.6. The fourth-order valence-electron chi connectivity index (χ4n) is 1.94. The Labute approximate surface area is 125 Å². The summed E-state index contributed by atoms with van der Waals surface area (Å²) < 4.78 is 1.59. The van der Waals surface area contributed by atoms with Crippen LogP contribution in [0.25, 0.3) is 0 Å². The van der Waals surface area contributed by atoms with Gasteiger partial charge in [-0.25, -0.2) is 9.89 Å². The molecule has 0 saturated carbocycles. The van der Waals surface area contributed by atoms with Crippen molar-refractivity contribution in [3.8, 4) is 0 Å². The molecular formula is C13H17N5O2S. The number of nitrogens with two attached hydrogens (primary N) is 1. The van der Waals surface area contributed by atoms with Crippen LogP contribution in [0.2, 0.25) is 0 Å². The number of hydrogen-bond acceptors (Lipinski definition) is 5. The molecule has 0 radical (unpaired) electrons. The Morgan fingerprint density at radius 3 is 2.90 bits per heavy atom. The van der Waals surface area contributed by atoms with Crippen LogP contribution < -0.4 is 11.4 Å². The molecule has 0 aliphatic heterocycles. The molecule has 0 spiro atoms. The molecule has 1 aromatic carbocycles. The van der Waals surface area contributed by atoms with E-state index in [1.165, 1.54) is 11.8 Å². The van der Waals surface area contributed by atoms with E-state index in [-0.39, 0.29) is 17.6 Å². The monoisotopic (exact) mass is 307 g/mol. The summed E-state index contributed by atoms with van der Waals surface area (Å²) in [6.07, 6.45) is 0. The van der Waals surface area contributed by atoms with Gasteiger partial charge in [0.05, 0.1) is 0 Å². The average Bonchev–Trinajstić information content (AvgIpc) is 2.85. The zero-order valence-electron chi connectivity index (χ0n) is 11.8. The van der Waals surface area contributed by atoms with Gasteiger partial charge >= 0.3 is 5.69 Å². The molecule has 0 amide bonds. The maximum absolute atomic E-state index is 11.7. The van der Waals surface area contributed by atoms with E-state index < -0.39 is 0 Å². The second-order valence-electron chi connectivity index (χ2n) is 4.71. The summed E-state index contributed by atoms with van der Waals surface area (Å²) in [7, 11) is 0. The molecule has 0 aliphatic carbocycles. The topological polar surface area (TPSA) is 109 Å². The Hall–Kier alpha value is -2.22. The molecule has 4 N–H and O–H groups in total. The Morgan fingerprint density at radius 1 is 1.52 bits per heavy atom. The van der Waals surface area contributed by atoms with Gasteiger partial charge < -0.3 is 10.9 Å². The summed E-state index contributed by atoms with van der Waals surface area (Å²) >= 11 is 1.42. The molecule has 8 heteroatoms. The summed E-state index contributed by atoms with van der Waals surface area (Å²) in [6, 6.07) is 7.40. The standard InChI is InChI=1S/C13H17N5O2S/c1-8(2)18-12(19)15-16-13(18)21-7-9-5-3-4-6-10(9)11(14)17-20/h3-6,8,20H,7H2,1-2H3,(H2,14,17)(H,15,19). The lowest BCUT2D eigenvalue weighted by Gasteiger charge is -2.10. The highest BCUT2D eigenvalue weighted by atomic mass is 32.2. The smallest absolute Gasteiger partial charge is 0.344 e. The van der Waals surface area contributed by atoms with Crippen LogP contribution in [0.15, 0.2) is 39.4 Å². The fourth-order valence-corrected chi connectivity index (χ4v) is 3.02. The number of rotatable bonds is 5. The molecular weight excluding hydrogens is 290 g/mol. The van der Waals surface area contributed by atoms with Crippen LogP contribution in [0.5, 0.6) is 0 Å². The van der Waals surface area contributed by atoms with Gasteiger partial charge in [0, 0.05) is 17.4 Å². The fraction of sp³-hybridized carbons (Fsp3) is 0.308. The molecule has 0 fully saturated rings. The van der Waals surface area contributed by atoms with Crippen molar-refractivity contribution >= 4 is 17.6 Å². The van der Waals surface area contributed by atoms with Crippen LogP contribution in [0, 0.1) is 0 Å². The Balaban J connectivity index is 2.24. The number of thioether (sulfide) groups is 1. The third kappa shape index (κ3) is 3.27. The Kier molecular flexibility index (Phi) is 4.69. The van der Waals surface area contributed by atoms with Crippen molar-refractivity contribution in [2.24, 2.45) is 10.9 Å². The molecule has 1 aromatic heterocycles. The van der Waals surface area contributed by atoms with Crippen LogP contribution in [0.1, 0.15) is 31.0 Å². The SMILES string of the molecule is CC(C)n1c(SCc2ccccc2C(N)=NO)n[nH]c1=O. The summed E-state index contributed by atoms with van der Waals surface area (Å²) in [6.45, 7) is 3.84. The number of benzene rings is 1. The summed E-state index contributed by atoms with van der Waals surface area (Å²) in [5.41, 5.74) is 7.01. The second-order valence-corrected chi connectivity index (χ2v) is 5.65.